The van der Waals surface area contributed by atoms with Crippen molar-refractivity contribution in [3.63, 3.8) is 0 Å². The summed E-state index contributed by atoms with van der Waals surface area (Å²) in [5.41, 5.74) is 11.4. The summed E-state index contributed by atoms with van der Waals surface area (Å²) in [5.74, 6) is -0.494. The smallest absolute Gasteiger partial charge is 0.244 e. The van der Waals surface area contributed by atoms with Crippen molar-refractivity contribution in [1.29, 1.82) is 0 Å². The van der Waals surface area contributed by atoms with Crippen LogP contribution < -0.4 is 11.5 Å². The molecule has 0 aromatic heterocycles. The Balaban J connectivity index is 3.69. The summed E-state index contributed by atoms with van der Waals surface area (Å²) < 4.78 is 0. The summed E-state index contributed by atoms with van der Waals surface area (Å²) in [6.45, 7) is 2.23. The Labute approximate surface area is 148 Å². The molecule has 0 spiro atoms. The first-order valence-electron chi connectivity index (χ1n) is 9.85. The molecule has 4 N–H and O–H groups in total. The van der Waals surface area contributed by atoms with Crippen LogP contribution >= 0.6 is 0 Å². The zero-order valence-electron chi connectivity index (χ0n) is 15.7. The van der Waals surface area contributed by atoms with Crippen LogP contribution in [0, 0.1) is 0 Å². The highest BCUT2D eigenvalue weighted by molar-refractivity contribution is 5.91. The molecule has 0 saturated carbocycles. The van der Waals surface area contributed by atoms with Crippen LogP contribution in [0.4, 0.5) is 0 Å². The monoisotopic (exact) mass is 338 g/mol. The number of unbranched alkanes of at least 4 members (excludes halogenated alkanes) is 11. The molecule has 0 atom stereocenters. The van der Waals surface area contributed by atoms with Gasteiger partial charge in [0, 0.05) is 12.0 Å². The summed E-state index contributed by atoms with van der Waals surface area (Å²) in [6, 6.07) is 0. The highest BCUT2D eigenvalue weighted by Gasteiger charge is 2.04. The highest BCUT2D eigenvalue weighted by atomic mass is 16.1. The summed E-state index contributed by atoms with van der Waals surface area (Å²) in [5, 5.41) is 0. The Bertz CT molecular complexity index is 365. The van der Waals surface area contributed by atoms with Gasteiger partial charge in [-0.3, -0.25) is 9.59 Å². The zero-order chi connectivity index (χ0) is 18.0. The van der Waals surface area contributed by atoms with Gasteiger partial charge in [0.25, 0.3) is 0 Å². The maximum Gasteiger partial charge on any atom is 0.244 e. The molecule has 0 unspecified atom stereocenters. The van der Waals surface area contributed by atoms with E-state index < -0.39 is 0 Å². The van der Waals surface area contributed by atoms with Gasteiger partial charge < -0.3 is 11.5 Å². The van der Waals surface area contributed by atoms with E-state index in [1.165, 1.54) is 38.5 Å². The number of primary amides is 2. The van der Waals surface area contributed by atoms with Crippen LogP contribution in [0.5, 0.6) is 0 Å². The Morgan fingerprint density at radius 1 is 0.708 bits per heavy atom. The van der Waals surface area contributed by atoms with Gasteiger partial charge in [-0.1, -0.05) is 70.8 Å². The van der Waals surface area contributed by atoms with Gasteiger partial charge in [-0.2, -0.15) is 0 Å². The van der Waals surface area contributed by atoms with Crippen LogP contribution in [0.2, 0.25) is 0 Å². The summed E-state index contributed by atoms with van der Waals surface area (Å²) in [6.07, 6.45) is 18.3. The number of hydrogen-bond donors (Lipinski definition) is 2. The van der Waals surface area contributed by atoms with Gasteiger partial charge in [0.05, 0.1) is 0 Å². The molecule has 140 valence electrons. The van der Waals surface area contributed by atoms with Crippen molar-refractivity contribution < 1.29 is 9.59 Å². The van der Waals surface area contributed by atoms with E-state index in [0.717, 1.165) is 56.9 Å². The van der Waals surface area contributed by atoms with E-state index in [0.29, 0.717) is 6.42 Å². The van der Waals surface area contributed by atoms with Crippen molar-refractivity contribution >= 4 is 11.8 Å². The third-order valence-electron chi connectivity index (χ3n) is 4.38. The quantitative estimate of drug-likeness (QED) is 0.296. The van der Waals surface area contributed by atoms with Crippen LogP contribution in [-0.4, -0.2) is 11.8 Å². The minimum Gasteiger partial charge on any atom is -0.370 e. The van der Waals surface area contributed by atoms with E-state index in [-0.39, 0.29) is 11.8 Å². The second kappa shape index (κ2) is 16.5. The molecule has 0 aliphatic rings. The molecule has 2 amide bonds. The third kappa shape index (κ3) is 15.6. The van der Waals surface area contributed by atoms with Crippen molar-refractivity contribution in [2.24, 2.45) is 11.5 Å². The van der Waals surface area contributed by atoms with Gasteiger partial charge in [-0.15, -0.1) is 0 Å². The summed E-state index contributed by atoms with van der Waals surface area (Å²) >= 11 is 0. The van der Waals surface area contributed by atoms with E-state index in [1.807, 2.05) is 6.08 Å². The van der Waals surface area contributed by atoms with Crippen molar-refractivity contribution in [2.45, 2.75) is 103 Å². The molecule has 0 saturated heterocycles. The second-order valence-electron chi connectivity index (χ2n) is 6.74. The highest BCUT2D eigenvalue weighted by Crippen LogP contribution is 2.14. The average Bonchev–Trinajstić information content (AvgIpc) is 2.53. The number of amides is 2. The molecule has 0 bridgehead atoms. The Morgan fingerprint density at radius 2 is 1.21 bits per heavy atom. The lowest BCUT2D eigenvalue weighted by atomic mass is 10.0. The normalized spacial score (nSPS) is 11.6. The third-order valence-corrected chi connectivity index (χ3v) is 4.38. The van der Waals surface area contributed by atoms with Crippen molar-refractivity contribution in [1.82, 2.24) is 0 Å². The molecule has 0 aromatic rings. The van der Waals surface area contributed by atoms with Crippen LogP contribution in [-0.2, 0) is 9.59 Å². The molecule has 0 fully saturated rings. The summed E-state index contributed by atoms with van der Waals surface area (Å²) in [7, 11) is 0. The molecule has 4 nitrogen and oxygen atoms in total. The molecule has 0 aliphatic heterocycles. The Kier molecular flexibility index (Phi) is 15.6. The van der Waals surface area contributed by atoms with Crippen LogP contribution in [0.25, 0.3) is 0 Å². The standard InChI is InChI=1S/C20H38N2O2/c1-2-3-4-5-6-7-9-12-15-18(20(22)24)16-13-10-8-11-14-17-19(21)23/h15H,2-14,16-17H2,1H3,(H2,21,23)(H2,22,24). The predicted octanol–water partition coefficient (Wildman–Crippen LogP) is 4.75. The molecule has 0 aliphatic carbocycles. The largest absolute Gasteiger partial charge is 0.370 e. The fourth-order valence-corrected chi connectivity index (χ4v) is 2.85. The van der Waals surface area contributed by atoms with Crippen LogP contribution in [0.1, 0.15) is 103 Å². The number of nitrogens with two attached hydrogens (primary N) is 2. The number of carbonyl (C=O) groups is 2. The second-order valence-corrected chi connectivity index (χ2v) is 6.74. The molecule has 24 heavy (non-hydrogen) atoms. The molecular formula is C20H38N2O2. The van der Waals surface area contributed by atoms with E-state index in [1.54, 1.807) is 0 Å². The van der Waals surface area contributed by atoms with Crippen molar-refractivity contribution in [3.8, 4) is 0 Å². The molecule has 0 radical (unpaired) electrons. The Hall–Kier alpha value is -1.32. The fourth-order valence-electron chi connectivity index (χ4n) is 2.85. The fraction of sp³-hybridized carbons (Fsp3) is 0.800. The first-order valence-corrected chi connectivity index (χ1v) is 9.85. The zero-order valence-corrected chi connectivity index (χ0v) is 15.7. The lowest BCUT2D eigenvalue weighted by Gasteiger charge is -2.05. The molecule has 4 heteroatoms. The van der Waals surface area contributed by atoms with E-state index in [2.05, 4.69) is 6.92 Å². The minimum atomic E-state index is -0.272. The lowest BCUT2D eigenvalue weighted by Crippen LogP contribution is -2.14. The Morgan fingerprint density at radius 3 is 1.75 bits per heavy atom. The molecule has 0 rings (SSSR count). The average molecular weight is 339 g/mol. The van der Waals surface area contributed by atoms with Crippen LogP contribution in [0.3, 0.4) is 0 Å². The van der Waals surface area contributed by atoms with E-state index >= 15 is 0 Å². The first kappa shape index (κ1) is 22.7. The van der Waals surface area contributed by atoms with Crippen LogP contribution in [0.15, 0.2) is 11.6 Å². The number of rotatable bonds is 17. The molecular weight excluding hydrogens is 300 g/mol. The summed E-state index contributed by atoms with van der Waals surface area (Å²) in [4.78, 5) is 22.1. The van der Waals surface area contributed by atoms with Crippen molar-refractivity contribution in [2.75, 3.05) is 0 Å². The predicted molar refractivity (Wildman–Crippen MR) is 101 cm³/mol. The van der Waals surface area contributed by atoms with Gasteiger partial charge in [-0.05, 0) is 32.1 Å². The van der Waals surface area contributed by atoms with Gasteiger partial charge in [0.1, 0.15) is 0 Å². The number of hydrogen-bond acceptors (Lipinski definition) is 2. The first-order chi connectivity index (χ1) is 11.6. The van der Waals surface area contributed by atoms with Crippen molar-refractivity contribution in [3.05, 3.63) is 11.6 Å². The molecule has 0 heterocycles. The SMILES string of the molecule is CCCCCCCCCC=C(CCCCCCCC(N)=O)C(N)=O. The number of allylic oxidation sites excluding steroid dienone is 1. The van der Waals surface area contributed by atoms with E-state index in [9.17, 15) is 9.59 Å². The van der Waals surface area contributed by atoms with E-state index in [4.69, 9.17) is 11.5 Å². The van der Waals surface area contributed by atoms with Gasteiger partial charge in [-0.25, -0.2) is 0 Å². The minimum absolute atomic E-state index is 0.223. The van der Waals surface area contributed by atoms with Gasteiger partial charge in [0.2, 0.25) is 11.8 Å². The number of carbonyl (C=O) groups excluding carboxylic acids is 2. The van der Waals surface area contributed by atoms with Gasteiger partial charge in [0.15, 0.2) is 0 Å². The van der Waals surface area contributed by atoms with Gasteiger partial charge >= 0.3 is 0 Å². The lowest BCUT2D eigenvalue weighted by molar-refractivity contribution is -0.118. The maximum absolute atomic E-state index is 11.5. The molecule has 0 aromatic carbocycles. The topological polar surface area (TPSA) is 86.2 Å². The maximum atomic E-state index is 11.5.